The van der Waals surface area contributed by atoms with Gasteiger partial charge in [0, 0.05) is 11.4 Å². The van der Waals surface area contributed by atoms with E-state index in [2.05, 4.69) is 10.3 Å². The molecule has 4 nitrogen and oxygen atoms in total. The normalized spacial score (nSPS) is 11.0. The van der Waals surface area contributed by atoms with Crippen LogP contribution in [0.1, 0.15) is 22.3 Å². The first-order valence-corrected chi connectivity index (χ1v) is 7.11. The third-order valence-electron chi connectivity index (χ3n) is 3.45. The highest BCUT2D eigenvalue weighted by Crippen LogP contribution is 2.18. The minimum atomic E-state index is -0.0691. The molecule has 0 atom stereocenters. The molecule has 3 aromatic rings. The van der Waals surface area contributed by atoms with E-state index >= 15 is 0 Å². The molecule has 106 valence electrons. The fourth-order valence-electron chi connectivity index (χ4n) is 2.20. The van der Waals surface area contributed by atoms with Gasteiger partial charge in [0.05, 0.1) is 5.52 Å². The fraction of sp³-hybridized carbons (Fsp3) is 0.188. The van der Waals surface area contributed by atoms with Crippen LogP contribution in [0, 0.1) is 6.92 Å². The average Bonchev–Trinajstić information content (AvgIpc) is 2.92. The maximum Gasteiger partial charge on any atom is 0.249 e. The zero-order valence-electron chi connectivity index (χ0n) is 11.6. The highest BCUT2D eigenvalue weighted by molar-refractivity contribution is 6.31. The van der Waals surface area contributed by atoms with Crippen LogP contribution in [-0.2, 0) is 6.42 Å². The number of carbonyl (C=O) groups is 1. The van der Waals surface area contributed by atoms with Crippen molar-refractivity contribution in [2.45, 2.75) is 19.8 Å². The Morgan fingerprint density at radius 1 is 1.24 bits per heavy atom. The van der Waals surface area contributed by atoms with E-state index in [-0.39, 0.29) is 5.91 Å². The van der Waals surface area contributed by atoms with Crippen LogP contribution in [0.5, 0.6) is 0 Å². The van der Waals surface area contributed by atoms with Gasteiger partial charge in [-0.25, -0.2) is 0 Å². The Morgan fingerprint density at radius 3 is 2.86 bits per heavy atom. The lowest BCUT2D eigenvalue weighted by atomic mass is 10.1. The van der Waals surface area contributed by atoms with Gasteiger partial charge < -0.3 is 0 Å². The van der Waals surface area contributed by atoms with Crippen LogP contribution in [-0.4, -0.2) is 20.9 Å². The van der Waals surface area contributed by atoms with E-state index in [1.165, 1.54) is 4.68 Å². The molecule has 0 unspecified atom stereocenters. The molecule has 21 heavy (non-hydrogen) atoms. The van der Waals surface area contributed by atoms with Crippen LogP contribution in [0.3, 0.4) is 0 Å². The molecule has 2 aromatic carbocycles. The molecule has 0 fully saturated rings. The smallest absolute Gasteiger partial charge is 0.249 e. The van der Waals surface area contributed by atoms with Gasteiger partial charge in [0.15, 0.2) is 0 Å². The maximum atomic E-state index is 12.3. The largest absolute Gasteiger partial charge is 0.272 e. The molecule has 0 saturated heterocycles. The number of halogens is 1. The summed E-state index contributed by atoms with van der Waals surface area (Å²) in [7, 11) is 0. The molecule has 0 aliphatic heterocycles. The summed E-state index contributed by atoms with van der Waals surface area (Å²) in [6, 6.07) is 13.3. The summed E-state index contributed by atoms with van der Waals surface area (Å²) in [5, 5.41) is 8.65. The standard InChI is InChI=1S/C16H14ClN3O/c1-11-6-7-12(10-13(11)17)8-9-16(21)20-15-5-3-2-4-14(15)18-19-20/h2-7,10H,8-9H2,1H3. The number of benzene rings is 2. The molecule has 0 N–H and O–H groups in total. The van der Waals surface area contributed by atoms with Crippen molar-refractivity contribution in [2.75, 3.05) is 0 Å². The Morgan fingerprint density at radius 2 is 2.05 bits per heavy atom. The van der Waals surface area contributed by atoms with E-state index in [1.54, 1.807) is 0 Å². The number of aromatic nitrogens is 3. The number of rotatable bonds is 3. The van der Waals surface area contributed by atoms with Crippen molar-refractivity contribution < 1.29 is 4.79 Å². The Balaban J connectivity index is 1.76. The summed E-state index contributed by atoms with van der Waals surface area (Å²) in [5.41, 5.74) is 3.55. The van der Waals surface area contributed by atoms with Gasteiger partial charge in [0.1, 0.15) is 5.52 Å². The molecule has 1 aromatic heterocycles. The topological polar surface area (TPSA) is 47.8 Å². The first-order chi connectivity index (χ1) is 10.1. The number of nitrogens with zero attached hydrogens (tertiary/aromatic N) is 3. The quantitative estimate of drug-likeness (QED) is 0.741. The van der Waals surface area contributed by atoms with Crippen LogP contribution >= 0.6 is 11.6 Å². The Bertz CT molecular complexity index is 810. The summed E-state index contributed by atoms with van der Waals surface area (Å²) >= 11 is 6.09. The van der Waals surface area contributed by atoms with Gasteiger partial charge in [-0.1, -0.05) is 41.1 Å². The summed E-state index contributed by atoms with van der Waals surface area (Å²) < 4.78 is 1.37. The van der Waals surface area contributed by atoms with Gasteiger partial charge in [-0.2, -0.15) is 4.68 Å². The van der Waals surface area contributed by atoms with Gasteiger partial charge in [-0.05, 0) is 42.7 Å². The summed E-state index contributed by atoms with van der Waals surface area (Å²) in [4.78, 5) is 12.3. The second-order valence-electron chi connectivity index (χ2n) is 4.97. The Kier molecular flexibility index (Phi) is 3.71. The molecule has 1 heterocycles. The van der Waals surface area contributed by atoms with E-state index in [0.29, 0.717) is 12.8 Å². The number of fused-ring (bicyclic) bond motifs is 1. The van der Waals surface area contributed by atoms with Crippen molar-refractivity contribution in [3.05, 3.63) is 58.6 Å². The van der Waals surface area contributed by atoms with Crippen LogP contribution in [0.4, 0.5) is 0 Å². The van der Waals surface area contributed by atoms with E-state index < -0.39 is 0 Å². The molecule has 0 spiro atoms. The van der Waals surface area contributed by atoms with E-state index in [4.69, 9.17) is 11.6 Å². The average molecular weight is 300 g/mol. The van der Waals surface area contributed by atoms with Crippen molar-refractivity contribution in [3.8, 4) is 0 Å². The highest BCUT2D eigenvalue weighted by atomic mass is 35.5. The number of hydrogen-bond donors (Lipinski definition) is 0. The molecule has 0 amide bonds. The Labute approximate surface area is 127 Å². The van der Waals surface area contributed by atoms with E-state index in [9.17, 15) is 4.79 Å². The fourth-order valence-corrected chi connectivity index (χ4v) is 2.41. The second-order valence-corrected chi connectivity index (χ2v) is 5.37. The van der Waals surface area contributed by atoms with Gasteiger partial charge in [0.25, 0.3) is 0 Å². The first kappa shape index (κ1) is 13.8. The van der Waals surface area contributed by atoms with Gasteiger partial charge in [-0.3, -0.25) is 4.79 Å². The Hall–Kier alpha value is -2.20. The number of aryl methyl sites for hydroxylation is 2. The van der Waals surface area contributed by atoms with E-state index in [1.807, 2.05) is 49.4 Å². The molecular formula is C16H14ClN3O. The van der Waals surface area contributed by atoms with Crippen molar-refractivity contribution in [2.24, 2.45) is 0 Å². The van der Waals surface area contributed by atoms with Crippen molar-refractivity contribution in [1.29, 1.82) is 0 Å². The lowest BCUT2D eigenvalue weighted by molar-refractivity contribution is 0.0890. The van der Waals surface area contributed by atoms with Gasteiger partial charge in [0.2, 0.25) is 5.91 Å². The molecular weight excluding hydrogens is 286 g/mol. The lowest BCUT2D eigenvalue weighted by Gasteiger charge is -2.04. The van der Waals surface area contributed by atoms with Crippen molar-refractivity contribution in [1.82, 2.24) is 15.0 Å². The highest BCUT2D eigenvalue weighted by Gasteiger charge is 2.11. The SMILES string of the molecule is Cc1ccc(CCC(=O)n2nnc3ccccc32)cc1Cl. The number of hydrogen-bond acceptors (Lipinski definition) is 3. The van der Waals surface area contributed by atoms with Crippen LogP contribution in [0.2, 0.25) is 5.02 Å². The maximum absolute atomic E-state index is 12.3. The van der Waals surface area contributed by atoms with Gasteiger partial charge in [-0.15, -0.1) is 5.10 Å². The van der Waals surface area contributed by atoms with Gasteiger partial charge >= 0.3 is 0 Å². The molecule has 0 radical (unpaired) electrons. The predicted octanol–water partition coefficient (Wildman–Crippen LogP) is 3.67. The van der Waals surface area contributed by atoms with Crippen molar-refractivity contribution in [3.63, 3.8) is 0 Å². The molecule has 0 bridgehead atoms. The summed E-state index contributed by atoms with van der Waals surface area (Å²) in [5.74, 6) is -0.0691. The third-order valence-corrected chi connectivity index (χ3v) is 3.86. The molecule has 0 aliphatic carbocycles. The number of para-hydroxylation sites is 1. The minimum Gasteiger partial charge on any atom is -0.272 e. The molecule has 5 heteroatoms. The molecule has 3 rings (SSSR count). The van der Waals surface area contributed by atoms with Crippen molar-refractivity contribution >= 4 is 28.5 Å². The van der Waals surface area contributed by atoms with Crippen LogP contribution < -0.4 is 0 Å². The predicted molar refractivity (Wildman–Crippen MR) is 82.7 cm³/mol. The molecule has 0 aliphatic rings. The zero-order valence-corrected chi connectivity index (χ0v) is 12.3. The minimum absolute atomic E-state index is 0.0691. The van der Waals surface area contributed by atoms with Crippen LogP contribution in [0.25, 0.3) is 11.0 Å². The third kappa shape index (κ3) is 2.81. The lowest BCUT2D eigenvalue weighted by Crippen LogP contribution is -2.13. The second kappa shape index (κ2) is 5.66. The summed E-state index contributed by atoms with van der Waals surface area (Å²) in [6.07, 6.45) is 1.000. The molecule has 0 saturated carbocycles. The van der Waals surface area contributed by atoms with E-state index in [0.717, 1.165) is 27.2 Å². The van der Waals surface area contributed by atoms with Crippen LogP contribution in [0.15, 0.2) is 42.5 Å². The summed E-state index contributed by atoms with van der Waals surface area (Å²) in [6.45, 7) is 1.96. The monoisotopic (exact) mass is 299 g/mol. The number of carbonyl (C=O) groups excluding carboxylic acids is 1. The first-order valence-electron chi connectivity index (χ1n) is 6.74. The zero-order chi connectivity index (χ0) is 14.8.